The van der Waals surface area contributed by atoms with Gasteiger partial charge in [0.1, 0.15) is 10.3 Å². The highest BCUT2D eigenvalue weighted by Gasteiger charge is 2.25. The molecule has 21 heavy (non-hydrogen) atoms. The van der Waals surface area contributed by atoms with E-state index in [0.29, 0.717) is 17.0 Å². The van der Waals surface area contributed by atoms with Crippen LogP contribution < -0.4 is 4.72 Å². The number of nitrogens with one attached hydrogen (secondary N) is 1. The third-order valence-electron chi connectivity index (χ3n) is 2.97. The van der Waals surface area contributed by atoms with Gasteiger partial charge in [-0.3, -0.25) is 4.79 Å². The first-order valence-electron chi connectivity index (χ1n) is 6.43. The summed E-state index contributed by atoms with van der Waals surface area (Å²) in [5.41, 5.74) is 0. The van der Waals surface area contributed by atoms with Gasteiger partial charge < -0.3 is 9.47 Å². The van der Waals surface area contributed by atoms with Gasteiger partial charge >= 0.3 is 0 Å². The summed E-state index contributed by atoms with van der Waals surface area (Å²) in [6.07, 6.45) is 1.02. The maximum Gasteiger partial charge on any atom is 0.273 e. The van der Waals surface area contributed by atoms with Crippen molar-refractivity contribution in [3.8, 4) is 0 Å². The fraction of sp³-hybridized carbons (Fsp3) is 0.583. The first-order chi connectivity index (χ1) is 9.88. The zero-order valence-electron chi connectivity index (χ0n) is 11.4. The standard InChI is InChI=1S/C12H16BrNO5S2/c1-8(19-7-9-3-2-6-18-9)12(15)14-21(16,17)11-5-4-10(13)20-11/h4-5,8-9H,2-3,6-7H2,1H3,(H,14,15)/t8-,9+/m0/s1. The third kappa shape index (κ3) is 4.75. The second-order valence-corrected chi connectivity index (χ2v) is 9.01. The Morgan fingerprint density at radius 2 is 2.38 bits per heavy atom. The van der Waals surface area contributed by atoms with E-state index >= 15 is 0 Å². The van der Waals surface area contributed by atoms with Crippen LogP contribution in [0.15, 0.2) is 20.1 Å². The van der Waals surface area contributed by atoms with Crippen LogP contribution >= 0.6 is 27.3 Å². The topological polar surface area (TPSA) is 81.7 Å². The Labute approximate surface area is 136 Å². The largest absolute Gasteiger partial charge is 0.376 e. The molecule has 1 N–H and O–H groups in total. The van der Waals surface area contributed by atoms with Gasteiger partial charge in [0.05, 0.1) is 16.5 Å². The smallest absolute Gasteiger partial charge is 0.273 e. The molecule has 1 amide bonds. The van der Waals surface area contributed by atoms with Crippen molar-refractivity contribution in [2.75, 3.05) is 13.2 Å². The normalized spacial score (nSPS) is 20.4. The number of hydrogen-bond acceptors (Lipinski definition) is 6. The number of amides is 1. The fourth-order valence-corrected chi connectivity index (χ4v) is 4.86. The first-order valence-corrected chi connectivity index (χ1v) is 9.53. The second kappa shape index (κ2) is 7.19. The maximum absolute atomic E-state index is 12.0. The van der Waals surface area contributed by atoms with Crippen molar-refractivity contribution >= 4 is 43.2 Å². The van der Waals surface area contributed by atoms with Gasteiger partial charge in [0.25, 0.3) is 15.9 Å². The fourth-order valence-electron chi connectivity index (χ4n) is 1.81. The number of hydrogen-bond donors (Lipinski definition) is 1. The summed E-state index contributed by atoms with van der Waals surface area (Å²) in [5.74, 6) is -0.683. The van der Waals surface area contributed by atoms with Gasteiger partial charge in [-0.25, -0.2) is 13.1 Å². The van der Waals surface area contributed by atoms with Crippen LogP contribution in [-0.4, -0.2) is 39.7 Å². The van der Waals surface area contributed by atoms with Crippen LogP contribution in [0.5, 0.6) is 0 Å². The minimum Gasteiger partial charge on any atom is -0.376 e. The molecule has 2 rings (SSSR count). The summed E-state index contributed by atoms with van der Waals surface area (Å²) in [5, 5.41) is 0. The molecule has 2 heterocycles. The van der Waals surface area contributed by atoms with Crippen molar-refractivity contribution in [2.24, 2.45) is 0 Å². The van der Waals surface area contributed by atoms with Crippen LogP contribution in [0, 0.1) is 0 Å². The molecule has 1 aromatic heterocycles. The van der Waals surface area contributed by atoms with E-state index in [-0.39, 0.29) is 10.3 Å². The number of rotatable bonds is 6. The van der Waals surface area contributed by atoms with Gasteiger partial charge in [0, 0.05) is 6.61 Å². The molecule has 0 unspecified atom stereocenters. The van der Waals surface area contributed by atoms with E-state index in [2.05, 4.69) is 15.9 Å². The molecule has 0 radical (unpaired) electrons. The Hall–Kier alpha value is -0.480. The molecule has 0 aromatic carbocycles. The van der Waals surface area contributed by atoms with Gasteiger partial charge in [0.2, 0.25) is 0 Å². The van der Waals surface area contributed by atoms with Crippen molar-refractivity contribution in [3.63, 3.8) is 0 Å². The SMILES string of the molecule is C[C@H](OC[C@H]1CCCO1)C(=O)NS(=O)(=O)c1ccc(Br)s1. The Bertz CT molecular complexity index is 595. The van der Waals surface area contributed by atoms with Crippen molar-refractivity contribution in [2.45, 2.75) is 36.2 Å². The lowest BCUT2D eigenvalue weighted by molar-refractivity contribution is -0.131. The predicted molar refractivity (Wildman–Crippen MR) is 81.7 cm³/mol. The van der Waals surface area contributed by atoms with Crippen molar-refractivity contribution in [3.05, 3.63) is 15.9 Å². The molecule has 0 bridgehead atoms. The highest BCUT2D eigenvalue weighted by Crippen LogP contribution is 2.25. The van der Waals surface area contributed by atoms with Crippen LogP contribution in [-0.2, 0) is 24.3 Å². The predicted octanol–water partition coefficient (Wildman–Crippen LogP) is 1.90. The summed E-state index contributed by atoms with van der Waals surface area (Å²) in [6.45, 7) is 2.51. The summed E-state index contributed by atoms with van der Waals surface area (Å²) in [6, 6.07) is 3.04. The van der Waals surface area contributed by atoms with Crippen LogP contribution in [0.4, 0.5) is 0 Å². The summed E-state index contributed by atoms with van der Waals surface area (Å²) < 4.78 is 37.5. The third-order valence-corrected chi connectivity index (χ3v) is 6.44. The molecule has 0 spiro atoms. The second-order valence-electron chi connectivity index (χ2n) is 4.64. The number of halogens is 1. The van der Waals surface area contributed by atoms with Gasteiger partial charge in [-0.2, -0.15) is 0 Å². The van der Waals surface area contributed by atoms with E-state index in [4.69, 9.17) is 9.47 Å². The Morgan fingerprint density at radius 1 is 1.62 bits per heavy atom. The van der Waals surface area contributed by atoms with E-state index in [1.807, 2.05) is 4.72 Å². The van der Waals surface area contributed by atoms with E-state index in [1.165, 1.54) is 13.0 Å². The van der Waals surface area contributed by atoms with Crippen molar-refractivity contribution < 1.29 is 22.7 Å². The molecule has 1 aromatic rings. The zero-order chi connectivity index (χ0) is 15.5. The molecular formula is C12H16BrNO5S2. The average Bonchev–Trinajstić information content (AvgIpc) is 3.06. The highest BCUT2D eigenvalue weighted by atomic mass is 79.9. The number of sulfonamides is 1. The lowest BCUT2D eigenvalue weighted by atomic mass is 10.2. The minimum absolute atomic E-state index is 0.00916. The highest BCUT2D eigenvalue weighted by molar-refractivity contribution is 9.11. The van der Waals surface area contributed by atoms with Crippen molar-refractivity contribution in [1.82, 2.24) is 4.72 Å². The summed E-state index contributed by atoms with van der Waals surface area (Å²) in [7, 11) is -3.84. The average molecular weight is 398 g/mol. The molecule has 118 valence electrons. The van der Waals surface area contributed by atoms with E-state index in [1.54, 1.807) is 6.07 Å². The van der Waals surface area contributed by atoms with E-state index in [9.17, 15) is 13.2 Å². The number of ether oxygens (including phenoxy) is 2. The number of thiophene rings is 1. The molecule has 1 fully saturated rings. The van der Waals surface area contributed by atoms with Gasteiger partial charge in [-0.05, 0) is 47.8 Å². The van der Waals surface area contributed by atoms with E-state index in [0.717, 1.165) is 24.2 Å². The molecular weight excluding hydrogens is 382 g/mol. The van der Waals surface area contributed by atoms with Crippen LogP contribution in [0.1, 0.15) is 19.8 Å². The molecule has 1 aliphatic heterocycles. The molecule has 9 heteroatoms. The number of carbonyl (C=O) groups excluding carboxylic acids is 1. The molecule has 2 atom stereocenters. The molecule has 0 aliphatic carbocycles. The first kappa shape index (κ1) is 16.9. The molecule has 0 saturated carbocycles. The Morgan fingerprint density at radius 3 is 2.95 bits per heavy atom. The monoisotopic (exact) mass is 397 g/mol. The van der Waals surface area contributed by atoms with Gasteiger partial charge in [-0.1, -0.05) is 0 Å². The van der Waals surface area contributed by atoms with Gasteiger partial charge in [-0.15, -0.1) is 11.3 Å². The Kier molecular flexibility index (Phi) is 5.78. The molecule has 1 aliphatic rings. The quantitative estimate of drug-likeness (QED) is 0.792. The summed E-state index contributed by atoms with van der Waals surface area (Å²) in [4.78, 5) is 11.9. The minimum atomic E-state index is -3.84. The zero-order valence-corrected chi connectivity index (χ0v) is 14.6. The lowest BCUT2D eigenvalue weighted by Gasteiger charge is -2.15. The Balaban J connectivity index is 1.87. The van der Waals surface area contributed by atoms with Crippen LogP contribution in [0.2, 0.25) is 0 Å². The maximum atomic E-state index is 12.0. The van der Waals surface area contributed by atoms with Crippen LogP contribution in [0.3, 0.4) is 0 Å². The molecule has 6 nitrogen and oxygen atoms in total. The molecule has 1 saturated heterocycles. The van der Waals surface area contributed by atoms with Crippen LogP contribution in [0.25, 0.3) is 0 Å². The van der Waals surface area contributed by atoms with E-state index < -0.39 is 22.0 Å². The summed E-state index contributed by atoms with van der Waals surface area (Å²) >= 11 is 4.22. The van der Waals surface area contributed by atoms with Gasteiger partial charge in [0.15, 0.2) is 0 Å². The van der Waals surface area contributed by atoms with Crippen molar-refractivity contribution in [1.29, 1.82) is 0 Å². The lowest BCUT2D eigenvalue weighted by Crippen LogP contribution is -2.39. The number of carbonyl (C=O) groups is 1.